The number of aromatic nitrogens is 1. The molecule has 0 saturated carbocycles. The second-order valence-corrected chi connectivity index (χ2v) is 8.13. The first-order valence-corrected chi connectivity index (χ1v) is 10.9. The van der Waals surface area contributed by atoms with Crippen LogP contribution in [0.3, 0.4) is 0 Å². The number of halogens is 1. The first kappa shape index (κ1) is 22.4. The summed E-state index contributed by atoms with van der Waals surface area (Å²) in [5.74, 6) is -0.331. The molecular formula is C23H31BrN2O2. The highest BCUT2D eigenvalue weighted by atomic mass is 79.9. The molecule has 5 heteroatoms. The van der Waals surface area contributed by atoms with Crippen LogP contribution in [0.15, 0.2) is 27.5 Å². The minimum absolute atomic E-state index is 0.233. The van der Waals surface area contributed by atoms with Gasteiger partial charge in [0.1, 0.15) is 5.56 Å². The van der Waals surface area contributed by atoms with E-state index < -0.39 is 0 Å². The fraction of sp³-hybridized carbons (Fsp3) is 0.478. The lowest BCUT2D eigenvalue weighted by molar-refractivity contribution is 0.102. The molecule has 0 spiro atoms. The molecule has 0 aliphatic heterocycles. The summed E-state index contributed by atoms with van der Waals surface area (Å²) in [4.78, 5) is 26.1. The highest BCUT2D eigenvalue weighted by Crippen LogP contribution is 2.23. The Labute approximate surface area is 176 Å². The number of unbranched alkanes of at least 4 members (excludes halogenated alkanes) is 3. The molecule has 0 unspecified atom stereocenters. The highest BCUT2D eigenvalue weighted by Gasteiger charge is 2.23. The van der Waals surface area contributed by atoms with Gasteiger partial charge >= 0.3 is 0 Å². The molecule has 0 fully saturated rings. The van der Waals surface area contributed by atoms with E-state index in [9.17, 15) is 9.59 Å². The van der Waals surface area contributed by atoms with Crippen molar-refractivity contribution in [3.63, 3.8) is 0 Å². The maximum atomic E-state index is 13.2. The zero-order chi connectivity index (χ0) is 20.8. The van der Waals surface area contributed by atoms with Gasteiger partial charge in [-0.15, -0.1) is 0 Å². The summed E-state index contributed by atoms with van der Waals surface area (Å²) in [5, 5.41) is 2.99. The van der Waals surface area contributed by atoms with E-state index in [0.29, 0.717) is 10.9 Å². The molecule has 1 aromatic carbocycles. The van der Waals surface area contributed by atoms with Crippen LogP contribution in [-0.4, -0.2) is 10.5 Å². The molecule has 0 radical (unpaired) electrons. The van der Waals surface area contributed by atoms with Gasteiger partial charge in [0.2, 0.25) is 5.43 Å². The number of benzene rings is 1. The Bertz CT molecular complexity index is 896. The zero-order valence-corrected chi connectivity index (χ0v) is 19.2. The van der Waals surface area contributed by atoms with Gasteiger partial charge < -0.3 is 9.88 Å². The number of aryl methyl sites for hydroxylation is 2. The summed E-state index contributed by atoms with van der Waals surface area (Å²) in [7, 11) is 0. The number of amides is 1. The predicted octanol–water partition coefficient (Wildman–Crippen LogP) is 5.93. The monoisotopic (exact) mass is 446 g/mol. The minimum atomic E-state index is -0.331. The van der Waals surface area contributed by atoms with Crippen LogP contribution in [0.1, 0.15) is 72.4 Å². The van der Waals surface area contributed by atoms with Gasteiger partial charge in [0.25, 0.3) is 5.91 Å². The summed E-state index contributed by atoms with van der Waals surface area (Å²) in [6.45, 7) is 10.9. The summed E-state index contributed by atoms with van der Waals surface area (Å²) >= 11 is 3.44. The molecule has 2 aromatic rings. The second kappa shape index (κ2) is 10.1. The number of nitrogens with one attached hydrogen (secondary N) is 1. The fourth-order valence-corrected chi connectivity index (χ4v) is 4.06. The SMILES string of the molecule is CCCCCCn1c(C)c(Br)c(=O)c(C(=O)Nc2c(C)cccc2C)c1CC. The Morgan fingerprint density at radius 1 is 1.07 bits per heavy atom. The first-order valence-electron chi connectivity index (χ1n) is 10.1. The largest absolute Gasteiger partial charge is 0.347 e. The zero-order valence-electron chi connectivity index (χ0n) is 17.6. The number of hydrogen-bond acceptors (Lipinski definition) is 2. The lowest BCUT2D eigenvalue weighted by Crippen LogP contribution is -2.30. The van der Waals surface area contributed by atoms with E-state index >= 15 is 0 Å². The van der Waals surface area contributed by atoms with Gasteiger partial charge in [-0.2, -0.15) is 0 Å². The lowest BCUT2D eigenvalue weighted by atomic mass is 10.1. The van der Waals surface area contributed by atoms with Crippen LogP contribution < -0.4 is 10.7 Å². The van der Waals surface area contributed by atoms with Crippen molar-refractivity contribution in [1.29, 1.82) is 0 Å². The lowest BCUT2D eigenvalue weighted by Gasteiger charge is -2.21. The number of pyridine rings is 1. The van der Waals surface area contributed by atoms with Crippen LogP contribution in [0.2, 0.25) is 0 Å². The highest BCUT2D eigenvalue weighted by molar-refractivity contribution is 9.10. The number of carbonyl (C=O) groups excluding carboxylic acids is 1. The van der Waals surface area contributed by atoms with Crippen LogP contribution in [0.25, 0.3) is 0 Å². The van der Waals surface area contributed by atoms with Crippen molar-refractivity contribution >= 4 is 27.5 Å². The van der Waals surface area contributed by atoms with Crippen molar-refractivity contribution in [2.24, 2.45) is 0 Å². The van der Waals surface area contributed by atoms with Crippen molar-refractivity contribution in [2.75, 3.05) is 5.32 Å². The Morgan fingerprint density at radius 2 is 1.71 bits per heavy atom. The molecule has 152 valence electrons. The quantitative estimate of drug-likeness (QED) is 0.510. The number of para-hydroxylation sites is 1. The van der Waals surface area contributed by atoms with Gasteiger partial charge in [0, 0.05) is 23.6 Å². The smallest absolute Gasteiger partial charge is 0.261 e. The summed E-state index contributed by atoms with van der Waals surface area (Å²) in [6, 6.07) is 5.88. The van der Waals surface area contributed by atoms with Gasteiger partial charge in [-0.05, 0) is 60.7 Å². The summed E-state index contributed by atoms with van der Waals surface area (Å²) in [6.07, 6.45) is 5.19. The molecule has 0 bridgehead atoms. The minimum Gasteiger partial charge on any atom is -0.347 e. The van der Waals surface area contributed by atoms with E-state index in [1.807, 2.05) is 45.9 Å². The van der Waals surface area contributed by atoms with Crippen LogP contribution in [-0.2, 0) is 13.0 Å². The predicted molar refractivity (Wildman–Crippen MR) is 121 cm³/mol. The van der Waals surface area contributed by atoms with Crippen molar-refractivity contribution in [3.05, 3.63) is 61.0 Å². The van der Waals surface area contributed by atoms with Gasteiger partial charge in [0.05, 0.1) is 4.47 Å². The topological polar surface area (TPSA) is 51.1 Å². The number of anilines is 1. The summed E-state index contributed by atoms with van der Waals surface area (Å²) < 4.78 is 2.62. The molecule has 28 heavy (non-hydrogen) atoms. The van der Waals surface area contributed by atoms with Crippen LogP contribution in [0.4, 0.5) is 5.69 Å². The molecule has 0 atom stereocenters. The van der Waals surface area contributed by atoms with Crippen LogP contribution >= 0.6 is 15.9 Å². The Hall–Kier alpha value is -1.88. The van der Waals surface area contributed by atoms with Gasteiger partial charge in [0.15, 0.2) is 0 Å². The standard InChI is InChI=1S/C23H31BrN2O2/c1-6-8-9-10-14-26-17(5)20(24)22(27)19(18(26)7-2)23(28)25-21-15(3)12-11-13-16(21)4/h11-13H,6-10,14H2,1-5H3,(H,25,28). The third kappa shape index (κ3) is 4.75. The molecule has 2 rings (SSSR count). The first-order chi connectivity index (χ1) is 13.3. The number of rotatable bonds is 8. The van der Waals surface area contributed by atoms with Crippen LogP contribution in [0.5, 0.6) is 0 Å². The third-order valence-corrected chi connectivity index (χ3v) is 6.21. The van der Waals surface area contributed by atoms with Gasteiger partial charge in [-0.25, -0.2) is 0 Å². The van der Waals surface area contributed by atoms with Crippen LogP contribution in [0, 0.1) is 20.8 Å². The fourth-order valence-electron chi connectivity index (χ4n) is 3.65. The molecule has 0 aliphatic rings. The second-order valence-electron chi connectivity index (χ2n) is 7.34. The van der Waals surface area contributed by atoms with E-state index in [0.717, 1.165) is 47.6 Å². The van der Waals surface area contributed by atoms with Crippen molar-refractivity contribution in [2.45, 2.75) is 73.3 Å². The average Bonchev–Trinajstić information content (AvgIpc) is 2.67. The maximum Gasteiger partial charge on any atom is 0.261 e. The molecule has 1 aromatic heterocycles. The molecule has 1 heterocycles. The molecular weight excluding hydrogens is 416 g/mol. The van der Waals surface area contributed by atoms with Crippen molar-refractivity contribution < 1.29 is 4.79 Å². The maximum absolute atomic E-state index is 13.2. The van der Waals surface area contributed by atoms with E-state index in [2.05, 4.69) is 32.7 Å². The van der Waals surface area contributed by atoms with Gasteiger partial charge in [-0.3, -0.25) is 9.59 Å². The Balaban J connectivity index is 2.49. The van der Waals surface area contributed by atoms with Crippen molar-refractivity contribution in [1.82, 2.24) is 4.57 Å². The number of carbonyl (C=O) groups is 1. The molecule has 0 aliphatic carbocycles. The molecule has 1 amide bonds. The Kier molecular flexibility index (Phi) is 8.05. The molecule has 4 nitrogen and oxygen atoms in total. The third-order valence-electron chi connectivity index (χ3n) is 5.28. The molecule has 0 saturated heterocycles. The number of nitrogens with zero attached hydrogens (tertiary/aromatic N) is 1. The summed E-state index contributed by atoms with van der Waals surface area (Å²) in [5.41, 5.74) is 4.46. The Morgan fingerprint density at radius 3 is 2.29 bits per heavy atom. The van der Waals surface area contributed by atoms with Crippen molar-refractivity contribution in [3.8, 4) is 0 Å². The molecule has 1 N–H and O–H groups in total. The van der Waals surface area contributed by atoms with E-state index in [4.69, 9.17) is 0 Å². The van der Waals surface area contributed by atoms with E-state index in [-0.39, 0.29) is 16.9 Å². The average molecular weight is 447 g/mol. The van der Waals surface area contributed by atoms with E-state index in [1.54, 1.807) is 0 Å². The van der Waals surface area contributed by atoms with Gasteiger partial charge in [-0.1, -0.05) is 51.3 Å². The number of hydrogen-bond donors (Lipinski definition) is 1. The normalized spacial score (nSPS) is 10.9. The van der Waals surface area contributed by atoms with E-state index in [1.165, 1.54) is 12.8 Å².